The van der Waals surface area contributed by atoms with Crippen LogP contribution in [0.5, 0.6) is 0 Å². The summed E-state index contributed by atoms with van der Waals surface area (Å²) >= 11 is 1.68. The van der Waals surface area contributed by atoms with Gasteiger partial charge in [0.2, 0.25) is 0 Å². The van der Waals surface area contributed by atoms with E-state index in [-0.39, 0.29) is 5.91 Å². The van der Waals surface area contributed by atoms with Gasteiger partial charge in [0, 0.05) is 28.5 Å². The Morgan fingerprint density at radius 2 is 2.14 bits per heavy atom. The van der Waals surface area contributed by atoms with Crippen molar-refractivity contribution in [2.24, 2.45) is 0 Å². The number of carbonyl (C=O) groups is 1. The first-order valence-electron chi connectivity index (χ1n) is 6.71. The lowest BCUT2D eigenvalue weighted by Crippen LogP contribution is -2.26. The molecule has 2 heterocycles. The number of fused-ring (bicyclic) bond motifs is 1. The molecular formula is C16H17N3OS. The van der Waals surface area contributed by atoms with Crippen LogP contribution in [0.25, 0.3) is 10.9 Å². The summed E-state index contributed by atoms with van der Waals surface area (Å²) in [6, 6.07) is 9.51. The molecule has 0 aliphatic heterocycles. The van der Waals surface area contributed by atoms with Gasteiger partial charge in [-0.25, -0.2) is 0 Å². The quantitative estimate of drug-likeness (QED) is 0.728. The topological polar surface area (TPSA) is 62.1 Å². The Morgan fingerprint density at radius 3 is 2.86 bits per heavy atom. The highest BCUT2D eigenvalue weighted by Crippen LogP contribution is 2.21. The Kier molecular flexibility index (Phi) is 3.43. The Morgan fingerprint density at radius 1 is 1.33 bits per heavy atom. The summed E-state index contributed by atoms with van der Waals surface area (Å²) < 4.78 is 0. The molecule has 0 saturated carbocycles. The number of H-pyrrole nitrogens is 1. The van der Waals surface area contributed by atoms with Crippen molar-refractivity contribution in [3.8, 4) is 0 Å². The third kappa shape index (κ3) is 2.64. The summed E-state index contributed by atoms with van der Waals surface area (Å²) in [7, 11) is 1.82. The number of rotatable bonds is 3. The van der Waals surface area contributed by atoms with Crippen LogP contribution in [0.15, 0.2) is 35.7 Å². The van der Waals surface area contributed by atoms with Crippen LogP contribution < -0.4 is 5.73 Å². The average Bonchev–Trinajstić information content (AvgIpc) is 3.04. The number of nitrogen functional groups attached to an aromatic ring is 1. The number of anilines is 1. The van der Waals surface area contributed by atoms with E-state index in [0.717, 1.165) is 10.9 Å². The Bertz CT molecular complexity index is 803. The molecule has 5 heteroatoms. The second kappa shape index (κ2) is 5.26. The fourth-order valence-corrected chi connectivity index (χ4v) is 3.28. The lowest BCUT2D eigenvalue weighted by Gasteiger charge is -2.15. The summed E-state index contributed by atoms with van der Waals surface area (Å²) in [6.07, 6.45) is 0. The van der Waals surface area contributed by atoms with Crippen molar-refractivity contribution < 1.29 is 4.79 Å². The van der Waals surface area contributed by atoms with E-state index in [1.54, 1.807) is 16.2 Å². The Balaban J connectivity index is 1.84. The number of amides is 1. The van der Waals surface area contributed by atoms with Crippen LogP contribution in [0.4, 0.5) is 5.69 Å². The molecule has 1 aromatic carbocycles. The normalized spacial score (nSPS) is 11.0. The minimum atomic E-state index is -0.0161. The zero-order chi connectivity index (χ0) is 15.0. The van der Waals surface area contributed by atoms with Crippen molar-refractivity contribution in [2.75, 3.05) is 12.8 Å². The van der Waals surface area contributed by atoms with Crippen LogP contribution >= 0.6 is 11.3 Å². The number of hydrogen-bond donors (Lipinski definition) is 2. The molecule has 21 heavy (non-hydrogen) atoms. The third-order valence-electron chi connectivity index (χ3n) is 3.57. The van der Waals surface area contributed by atoms with Crippen molar-refractivity contribution in [1.29, 1.82) is 0 Å². The second-order valence-electron chi connectivity index (χ2n) is 5.22. The lowest BCUT2D eigenvalue weighted by atomic mass is 10.2. The van der Waals surface area contributed by atoms with Crippen molar-refractivity contribution in [3.63, 3.8) is 0 Å². The standard InChI is InChI=1S/C16H17N3OS/c1-10-5-6-21-15(10)9-19(2)16(20)14-8-11-7-12(17)3-4-13(11)18-14/h3-8,18H,9,17H2,1-2H3. The first kappa shape index (κ1) is 13.7. The van der Waals surface area contributed by atoms with Crippen molar-refractivity contribution in [3.05, 3.63) is 51.8 Å². The molecule has 0 aliphatic carbocycles. The predicted octanol–water partition coefficient (Wildman–Crippen LogP) is 3.39. The number of benzene rings is 1. The van der Waals surface area contributed by atoms with E-state index >= 15 is 0 Å². The summed E-state index contributed by atoms with van der Waals surface area (Å²) in [4.78, 5) is 18.6. The summed E-state index contributed by atoms with van der Waals surface area (Å²) in [5.41, 5.74) is 9.21. The van der Waals surface area contributed by atoms with Gasteiger partial charge in [-0.1, -0.05) is 0 Å². The van der Waals surface area contributed by atoms with Crippen LogP contribution in [0.1, 0.15) is 20.9 Å². The van der Waals surface area contributed by atoms with Crippen LogP contribution in [0.3, 0.4) is 0 Å². The highest BCUT2D eigenvalue weighted by molar-refractivity contribution is 7.10. The molecule has 3 N–H and O–H groups in total. The van der Waals surface area contributed by atoms with E-state index in [2.05, 4.69) is 23.4 Å². The molecule has 0 saturated heterocycles. The van der Waals surface area contributed by atoms with Crippen molar-refractivity contribution >= 4 is 33.8 Å². The number of thiophene rings is 1. The van der Waals surface area contributed by atoms with Gasteiger partial charge in [0.1, 0.15) is 5.69 Å². The number of aromatic amines is 1. The number of nitrogens with one attached hydrogen (secondary N) is 1. The molecule has 3 rings (SSSR count). The molecular weight excluding hydrogens is 282 g/mol. The predicted molar refractivity (Wildman–Crippen MR) is 87.6 cm³/mol. The number of hydrogen-bond acceptors (Lipinski definition) is 3. The maximum absolute atomic E-state index is 12.5. The van der Waals surface area contributed by atoms with Crippen molar-refractivity contribution in [1.82, 2.24) is 9.88 Å². The van der Waals surface area contributed by atoms with E-state index in [4.69, 9.17) is 5.73 Å². The smallest absolute Gasteiger partial charge is 0.270 e. The summed E-state index contributed by atoms with van der Waals surface area (Å²) in [5.74, 6) is -0.0161. The fourth-order valence-electron chi connectivity index (χ4n) is 2.33. The largest absolute Gasteiger partial charge is 0.399 e. The van der Waals surface area contributed by atoms with Gasteiger partial charge in [-0.2, -0.15) is 0 Å². The molecule has 2 aromatic heterocycles. The van der Waals surface area contributed by atoms with Crippen LogP contribution in [-0.2, 0) is 6.54 Å². The van der Waals surface area contributed by atoms with Gasteiger partial charge in [0.15, 0.2) is 0 Å². The number of aryl methyl sites for hydroxylation is 1. The van der Waals surface area contributed by atoms with Gasteiger partial charge in [0.25, 0.3) is 5.91 Å². The fraction of sp³-hybridized carbons (Fsp3) is 0.188. The van der Waals surface area contributed by atoms with Crippen LogP contribution in [0.2, 0.25) is 0 Å². The zero-order valence-corrected chi connectivity index (χ0v) is 12.8. The number of carbonyl (C=O) groups excluding carboxylic acids is 1. The molecule has 0 fully saturated rings. The van der Waals surface area contributed by atoms with Gasteiger partial charge in [-0.15, -0.1) is 11.3 Å². The molecule has 0 unspecified atom stereocenters. The molecule has 0 spiro atoms. The Hall–Kier alpha value is -2.27. The molecule has 0 radical (unpaired) electrons. The Labute approximate surface area is 127 Å². The molecule has 108 valence electrons. The number of nitrogens with two attached hydrogens (primary N) is 1. The second-order valence-corrected chi connectivity index (χ2v) is 6.22. The van der Waals surface area contributed by atoms with Gasteiger partial charge in [-0.3, -0.25) is 4.79 Å². The minimum absolute atomic E-state index is 0.0161. The minimum Gasteiger partial charge on any atom is -0.399 e. The summed E-state index contributed by atoms with van der Waals surface area (Å²) in [6.45, 7) is 2.69. The van der Waals surface area contributed by atoms with Gasteiger partial charge >= 0.3 is 0 Å². The first-order chi connectivity index (χ1) is 10.0. The van der Waals surface area contributed by atoms with E-state index in [1.165, 1.54) is 10.4 Å². The maximum atomic E-state index is 12.5. The molecule has 1 amide bonds. The SMILES string of the molecule is Cc1ccsc1CN(C)C(=O)c1cc2cc(N)ccc2[nH]1. The monoisotopic (exact) mass is 299 g/mol. The molecule has 4 nitrogen and oxygen atoms in total. The zero-order valence-electron chi connectivity index (χ0n) is 12.0. The molecule has 0 aliphatic rings. The highest BCUT2D eigenvalue weighted by Gasteiger charge is 2.16. The molecule has 0 bridgehead atoms. The van der Waals surface area contributed by atoms with Gasteiger partial charge in [0.05, 0.1) is 6.54 Å². The highest BCUT2D eigenvalue weighted by atomic mass is 32.1. The number of aromatic nitrogens is 1. The number of nitrogens with zero attached hydrogens (tertiary/aromatic N) is 1. The average molecular weight is 299 g/mol. The van der Waals surface area contributed by atoms with Gasteiger partial charge < -0.3 is 15.6 Å². The van der Waals surface area contributed by atoms with Crippen LogP contribution in [-0.4, -0.2) is 22.8 Å². The first-order valence-corrected chi connectivity index (χ1v) is 7.59. The molecule has 0 atom stereocenters. The van der Waals surface area contributed by atoms with E-state index < -0.39 is 0 Å². The van der Waals surface area contributed by atoms with Gasteiger partial charge in [-0.05, 0) is 48.2 Å². The maximum Gasteiger partial charge on any atom is 0.270 e. The van der Waals surface area contributed by atoms with Crippen LogP contribution in [0, 0.1) is 6.92 Å². The lowest BCUT2D eigenvalue weighted by molar-refractivity contribution is 0.0781. The summed E-state index contributed by atoms with van der Waals surface area (Å²) in [5, 5.41) is 3.01. The van der Waals surface area contributed by atoms with E-state index in [0.29, 0.717) is 17.9 Å². The van der Waals surface area contributed by atoms with E-state index in [9.17, 15) is 4.79 Å². The van der Waals surface area contributed by atoms with Crippen molar-refractivity contribution in [2.45, 2.75) is 13.5 Å². The van der Waals surface area contributed by atoms with E-state index in [1.807, 2.05) is 31.3 Å². The molecule has 3 aromatic rings. The third-order valence-corrected chi connectivity index (χ3v) is 4.58.